The van der Waals surface area contributed by atoms with Crippen molar-refractivity contribution in [2.45, 2.75) is 6.42 Å². The van der Waals surface area contributed by atoms with Crippen LogP contribution in [0.2, 0.25) is 5.02 Å². The van der Waals surface area contributed by atoms with Gasteiger partial charge in [0.1, 0.15) is 5.69 Å². The Balaban J connectivity index is 2.51. The van der Waals surface area contributed by atoms with Gasteiger partial charge in [0.05, 0.1) is 10.7 Å². The number of hydrogen-bond donors (Lipinski definition) is 2. The van der Waals surface area contributed by atoms with Crippen LogP contribution < -0.4 is 11.5 Å². The second-order valence-electron chi connectivity index (χ2n) is 3.80. The van der Waals surface area contributed by atoms with E-state index >= 15 is 0 Å². The molecular weight excluding hydrogens is 252 g/mol. The number of para-hydroxylation sites is 1. The minimum absolute atomic E-state index is 0.202. The van der Waals surface area contributed by atoms with Gasteiger partial charge in [-0.2, -0.15) is 5.10 Å². The van der Waals surface area contributed by atoms with Gasteiger partial charge < -0.3 is 11.5 Å². The molecule has 1 amide bonds. The third-order valence-corrected chi connectivity index (χ3v) is 2.86. The Morgan fingerprint density at radius 1 is 1.39 bits per heavy atom. The van der Waals surface area contributed by atoms with Crippen molar-refractivity contribution in [1.29, 1.82) is 0 Å². The highest BCUT2D eigenvalue weighted by atomic mass is 35.5. The molecule has 94 valence electrons. The van der Waals surface area contributed by atoms with Crippen LogP contribution in [0.4, 0.5) is 0 Å². The number of rotatable bonds is 4. The predicted octanol–water partition coefficient (Wildman–Crippen LogP) is 1.13. The molecule has 0 spiro atoms. The smallest absolute Gasteiger partial charge is 0.269 e. The zero-order valence-corrected chi connectivity index (χ0v) is 10.4. The fourth-order valence-corrected chi connectivity index (χ4v) is 2.03. The van der Waals surface area contributed by atoms with Crippen molar-refractivity contribution in [2.75, 3.05) is 6.54 Å². The van der Waals surface area contributed by atoms with Crippen molar-refractivity contribution in [1.82, 2.24) is 9.78 Å². The summed E-state index contributed by atoms with van der Waals surface area (Å²) in [5.74, 6) is -0.568. The summed E-state index contributed by atoms with van der Waals surface area (Å²) in [4.78, 5) is 11.0. The number of aromatic nitrogens is 2. The number of hydrogen-bond acceptors (Lipinski definition) is 3. The van der Waals surface area contributed by atoms with E-state index in [2.05, 4.69) is 5.10 Å². The van der Waals surface area contributed by atoms with Crippen molar-refractivity contribution in [3.63, 3.8) is 0 Å². The number of nitrogens with two attached hydrogens (primary N) is 2. The highest BCUT2D eigenvalue weighted by Crippen LogP contribution is 2.24. The Bertz CT molecular complexity index is 579. The fourth-order valence-electron chi connectivity index (χ4n) is 1.75. The molecule has 0 atom stereocenters. The molecule has 0 radical (unpaired) electrons. The first-order chi connectivity index (χ1) is 8.63. The van der Waals surface area contributed by atoms with E-state index in [1.807, 2.05) is 12.1 Å². The van der Waals surface area contributed by atoms with E-state index in [0.29, 0.717) is 18.0 Å². The second kappa shape index (κ2) is 5.20. The van der Waals surface area contributed by atoms with Crippen molar-refractivity contribution in [3.05, 3.63) is 46.7 Å². The molecule has 18 heavy (non-hydrogen) atoms. The molecule has 6 heteroatoms. The molecule has 4 N–H and O–H groups in total. The van der Waals surface area contributed by atoms with E-state index < -0.39 is 5.91 Å². The molecule has 5 nitrogen and oxygen atoms in total. The van der Waals surface area contributed by atoms with Crippen molar-refractivity contribution >= 4 is 17.5 Å². The van der Waals surface area contributed by atoms with Crippen LogP contribution in [0.3, 0.4) is 0 Å². The fraction of sp³-hybridized carbons (Fsp3) is 0.167. The summed E-state index contributed by atoms with van der Waals surface area (Å²) in [6, 6.07) is 7.11. The van der Waals surface area contributed by atoms with E-state index in [1.54, 1.807) is 23.0 Å². The summed E-state index contributed by atoms with van der Waals surface area (Å²) in [5, 5.41) is 4.66. The number of carbonyl (C=O) groups excluding carboxylic acids is 1. The van der Waals surface area contributed by atoms with Crippen molar-refractivity contribution < 1.29 is 4.79 Å². The van der Waals surface area contributed by atoms with Crippen LogP contribution in [0, 0.1) is 0 Å². The maximum Gasteiger partial charge on any atom is 0.269 e. The largest absolute Gasteiger partial charge is 0.364 e. The lowest BCUT2D eigenvalue weighted by Crippen LogP contribution is -2.13. The summed E-state index contributed by atoms with van der Waals surface area (Å²) in [6.45, 7) is 0.511. The molecule has 0 saturated heterocycles. The Morgan fingerprint density at radius 3 is 2.78 bits per heavy atom. The molecule has 0 aliphatic rings. The van der Waals surface area contributed by atoms with Gasteiger partial charge in [0.15, 0.2) is 0 Å². The standard InChI is InChI=1S/C12H13ClN4O/c13-9-3-1-2-8(4-6-14)11(9)17-7-5-10(16-17)12(15)18/h1-3,5,7H,4,6,14H2,(H2,15,18). The van der Waals surface area contributed by atoms with E-state index in [9.17, 15) is 4.79 Å². The van der Waals surface area contributed by atoms with Gasteiger partial charge in [-0.1, -0.05) is 23.7 Å². The van der Waals surface area contributed by atoms with Crippen molar-refractivity contribution in [3.8, 4) is 5.69 Å². The van der Waals surface area contributed by atoms with Crippen LogP contribution in [0.15, 0.2) is 30.5 Å². The summed E-state index contributed by atoms with van der Waals surface area (Å²) in [5.41, 5.74) is 12.6. The van der Waals surface area contributed by atoms with Gasteiger partial charge in [0.2, 0.25) is 0 Å². The first-order valence-electron chi connectivity index (χ1n) is 5.47. The molecule has 0 saturated carbocycles. The summed E-state index contributed by atoms with van der Waals surface area (Å²) < 4.78 is 1.55. The van der Waals surface area contributed by atoms with Crippen LogP contribution in [0.25, 0.3) is 5.69 Å². The maximum atomic E-state index is 11.0. The molecule has 2 rings (SSSR count). The number of nitrogens with zero attached hydrogens (tertiary/aromatic N) is 2. The van der Waals surface area contributed by atoms with Crippen LogP contribution in [-0.4, -0.2) is 22.2 Å². The van der Waals surface area contributed by atoms with Gasteiger partial charge in [-0.05, 0) is 30.7 Å². The average Bonchev–Trinajstić information content (AvgIpc) is 2.79. The second-order valence-corrected chi connectivity index (χ2v) is 4.20. The number of carbonyl (C=O) groups is 1. The highest BCUT2D eigenvalue weighted by Gasteiger charge is 2.12. The van der Waals surface area contributed by atoms with Gasteiger partial charge in [-0.3, -0.25) is 4.79 Å². The molecule has 0 aliphatic heterocycles. The van der Waals surface area contributed by atoms with Gasteiger partial charge >= 0.3 is 0 Å². The number of halogens is 1. The van der Waals surface area contributed by atoms with E-state index in [-0.39, 0.29) is 5.69 Å². The topological polar surface area (TPSA) is 86.9 Å². The van der Waals surface area contributed by atoms with Crippen LogP contribution in [-0.2, 0) is 6.42 Å². The Hall–Kier alpha value is -1.85. The van der Waals surface area contributed by atoms with Gasteiger partial charge in [0.25, 0.3) is 5.91 Å². The quantitative estimate of drug-likeness (QED) is 0.868. The molecule has 0 bridgehead atoms. The lowest BCUT2D eigenvalue weighted by Gasteiger charge is -2.10. The lowest BCUT2D eigenvalue weighted by molar-refractivity contribution is 0.0995. The summed E-state index contributed by atoms with van der Waals surface area (Å²) in [6.07, 6.45) is 2.34. The average molecular weight is 265 g/mol. The molecule has 2 aromatic rings. The molecule has 0 aliphatic carbocycles. The predicted molar refractivity (Wildman–Crippen MR) is 69.9 cm³/mol. The van der Waals surface area contributed by atoms with Gasteiger partial charge in [-0.25, -0.2) is 4.68 Å². The van der Waals surface area contributed by atoms with E-state index in [0.717, 1.165) is 11.3 Å². The van der Waals surface area contributed by atoms with Crippen LogP contribution in [0.5, 0.6) is 0 Å². The normalized spacial score (nSPS) is 10.6. The zero-order chi connectivity index (χ0) is 13.1. The number of benzene rings is 1. The monoisotopic (exact) mass is 264 g/mol. The first-order valence-corrected chi connectivity index (χ1v) is 5.84. The Labute approximate surface area is 109 Å². The zero-order valence-electron chi connectivity index (χ0n) is 9.64. The van der Waals surface area contributed by atoms with Gasteiger partial charge in [0, 0.05) is 6.20 Å². The molecule has 0 unspecified atom stereocenters. The Morgan fingerprint density at radius 2 is 2.17 bits per heavy atom. The number of primary amides is 1. The van der Waals surface area contributed by atoms with Crippen LogP contribution >= 0.6 is 11.6 Å². The Kier molecular flexibility index (Phi) is 3.64. The van der Waals surface area contributed by atoms with Gasteiger partial charge in [-0.15, -0.1) is 0 Å². The molecule has 1 heterocycles. The highest BCUT2D eigenvalue weighted by molar-refractivity contribution is 6.32. The SMILES string of the molecule is NCCc1cccc(Cl)c1-n1ccc(C(N)=O)n1. The third-order valence-electron chi connectivity index (χ3n) is 2.55. The molecule has 0 fully saturated rings. The van der Waals surface area contributed by atoms with E-state index in [1.165, 1.54) is 0 Å². The van der Waals surface area contributed by atoms with Crippen molar-refractivity contribution in [2.24, 2.45) is 11.5 Å². The number of amides is 1. The maximum absolute atomic E-state index is 11.0. The molecule has 1 aromatic heterocycles. The lowest BCUT2D eigenvalue weighted by atomic mass is 10.1. The molecular formula is C12H13ClN4O. The van der Waals surface area contributed by atoms with Crippen LogP contribution in [0.1, 0.15) is 16.1 Å². The minimum Gasteiger partial charge on any atom is -0.364 e. The molecule has 1 aromatic carbocycles. The minimum atomic E-state index is -0.568. The third kappa shape index (κ3) is 2.37. The summed E-state index contributed by atoms with van der Waals surface area (Å²) >= 11 is 6.17. The van der Waals surface area contributed by atoms with E-state index in [4.69, 9.17) is 23.1 Å². The summed E-state index contributed by atoms with van der Waals surface area (Å²) in [7, 11) is 0. The first kappa shape index (κ1) is 12.6.